The topological polar surface area (TPSA) is 63.6 Å². The van der Waals surface area contributed by atoms with Gasteiger partial charge in [0, 0.05) is 6.42 Å². The van der Waals surface area contributed by atoms with Gasteiger partial charge in [-0.3, -0.25) is 4.79 Å². The summed E-state index contributed by atoms with van der Waals surface area (Å²) in [4.78, 5) is 21.5. The minimum atomic E-state index is -1.11. The molecule has 0 bridgehead atoms. The summed E-state index contributed by atoms with van der Waals surface area (Å²) in [5.74, 6) is -1.47. The van der Waals surface area contributed by atoms with Gasteiger partial charge < -0.3 is 9.84 Å². The quantitative estimate of drug-likeness (QED) is 0.153. The molecular weight excluding hydrogens is 304 g/mol. The van der Waals surface area contributed by atoms with Crippen LogP contribution in [-0.2, 0) is 14.3 Å². The van der Waals surface area contributed by atoms with E-state index in [4.69, 9.17) is 5.11 Å². The normalized spacial score (nSPS) is 11.0. The highest BCUT2D eigenvalue weighted by atomic mass is 16.5. The highest BCUT2D eigenvalue weighted by Crippen LogP contribution is 2.13. The Balaban J connectivity index is 3.17. The standard InChI is InChI=1S/C20H36O4/c1-2-3-4-5-6-7-8-9-10-11-12-13-14-15-16-20(23)24-18-17-19(21)22/h17-18H,2-16H2,1H3,(H,21,22)/b18-17-. The van der Waals surface area contributed by atoms with E-state index in [1.165, 1.54) is 70.6 Å². The number of unbranched alkanes of at least 4 members (excludes halogenated alkanes) is 13. The second-order valence-corrected chi connectivity index (χ2v) is 6.48. The summed E-state index contributed by atoms with van der Waals surface area (Å²) in [6.45, 7) is 2.26. The molecule has 4 nitrogen and oxygen atoms in total. The first-order valence-corrected chi connectivity index (χ1v) is 9.75. The molecule has 0 fully saturated rings. The number of esters is 1. The van der Waals surface area contributed by atoms with Crippen molar-refractivity contribution in [1.82, 2.24) is 0 Å². The van der Waals surface area contributed by atoms with Crippen molar-refractivity contribution >= 4 is 11.9 Å². The van der Waals surface area contributed by atoms with Crippen molar-refractivity contribution in [2.45, 2.75) is 103 Å². The molecule has 0 aliphatic carbocycles. The van der Waals surface area contributed by atoms with Crippen LogP contribution in [0.25, 0.3) is 0 Å². The Hall–Kier alpha value is -1.32. The van der Waals surface area contributed by atoms with E-state index in [-0.39, 0.29) is 5.97 Å². The first-order valence-electron chi connectivity index (χ1n) is 9.75. The third-order valence-electron chi connectivity index (χ3n) is 4.14. The van der Waals surface area contributed by atoms with Crippen LogP contribution >= 0.6 is 0 Å². The van der Waals surface area contributed by atoms with E-state index in [0.717, 1.165) is 31.6 Å². The lowest BCUT2D eigenvalue weighted by atomic mass is 10.0. The van der Waals surface area contributed by atoms with Crippen molar-refractivity contribution in [3.8, 4) is 0 Å². The molecule has 140 valence electrons. The SMILES string of the molecule is CCCCCCCCCCCCCCCCC(=O)O/C=C\C(=O)O. The first kappa shape index (κ1) is 22.7. The maximum absolute atomic E-state index is 11.3. The van der Waals surface area contributed by atoms with Crippen LogP contribution < -0.4 is 0 Å². The second-order valence-electron chi connectivity index (χ2n) is 6.48. The number of carbonyl (C=O) groups excluding carboxylic acids is 1. The number of carbonyl (C=O) groups is 2. The number of carboxylic acids is 1. The average molecular weight is 341 g/mol. The van der Waals surface area contributed by atoms with Crippen LogP contribution in [0.1, 0.15) is 103 Å². The summed E-state index contributed by atoms with van der Waals surface area (Å²) in [6.07, 6.45) is 20.0. The van der Waals surface area contributed by atoms with Gasteiger partial charge in [-0.25, -0.2) is 4.79 Å². The molecule has 0 unspecified atom stereocenters. The molecule has 1 N–H and O–H groups in total. The molecule has 0 aliphatic rings. The molecule has 0 spiro atoms. The van der Waals surface area contributed by atoms with Gasteiger partial charge >= 0.3 is 11.9 Å². The fourth-order valence-electron chi connectivity index (χ4n) is 2.69. The first-order chi connectivity index (χ1) is 11.7. The predicted molar refractivity (Wildman–Crippen MR) is 97.8 cm³/mol. The van der Waals surface area contributed by atoms with Gasteiger partial charge in [0.05, 0.1) is 6.08 Å². The Morgan fingerprint density at radius 2 is 1.17 bits per heavy atom. The van der Waals surface area contributed by atoms with Gasteiger partial charge in [0.25, 0.3) is 0 Å². The molecule has 0 aliphatic heterocycles. The Kier molecular flexibility index (Phi) is 17.0. The van der Waals surface area contributed by atoms with Gasteiger partial charge in [0.1, 0.15) is 6.26 Å². The van der Waals surface area contributed by atoms with E-state index in [1.807, 2.05) is 0 Å². The predicted octanol–water partition coefficient (Wildman–Crippen LogP) is 6.00. The highest BCUT2D eigenvalue weighted by Gasteiger charge is 2.01. The zero-order chi connectivity index (χ0) is 17.9. The summed E-state index contributed by atoms with van der Waals surface area (Å²) in [7, 11) is 0. The minimum absolute atomic E-state index is 0.355. The van der Waals surface area contributed by atoms with E-state index >= 15 is 0 Å². The van der Waals surface area contributed by atoms with E-state index in [0.29, 0.717) is 6.42 Å². The summed E-state index contributed by atoms with van der Waals surface area (Å²) >= 11 is 0. The van der Waals surface area contributed by atoms with Crippen molar-refractivity contribution in [2.24, 2.45) is 0 Å². The molecular formula is C20H36O4. The monoisotopic (exact) mass is 340 g/mol. The number of ether oxygens (including phenoxy) is 1. The van der Waals surface area contributed by atoms with E-state index < -0.39 is 5.97 Å². The number of hydrogen-bond donors (Lipinski definition) is 1. The van der Waals surface area contributed by atoms with Crippen molar-refractivity contribution < 1.29 is 19.4 Å². The van der Waals surface area contributed by atoms with Crippen molar-refractivity contribution in [3.63, 3.8) is 0 Å². The molecule has 24 heavy (non-hydrogen) atoms. The van der Waals surface area contributed by atoms with Crippen molar-refractivity contribution in [2.75, 3.05) is 0 Å². The van der Waals surface area contributed by atoms with Crippen LogP contribution in [-0.4, -0.2) is 17.0 Å². The average Bonchev–Trinajstić information content (AvgIpc) is 2.55. The van der Waals surface area contributed by atoms with Crippen molar-refractivity contribution in [3.05, 3.63) is 12.3 Å². The zero-order valence-electron chi connectivity index (χ0n) is 15.4. The summed E-state index contributed by atoms with van der Waals surface area (Å²) in [6, 6.07) is 0. The molecule has 0 heterocycles. The smallest absolute Gasteiger partial charge is 0.331 e. The van der Waals surface area contributed by atoms with Gasteiger partial charge in [-0.1, -0.05) is 90.4 Å². The molecule has 0 amide bonds. The Bertz CT molecular complexity index is 337. The lowest BCUT2D eigenvalue weighted by molar-refractivity contribution is -0.138. The highest BCUT2D eigenvalue weighted by molar-refractivity contribution is 5.80. The van der Waals surface area contributed by atoms with Crippen LogP contribution in [0.15, 0.2) is 12.3 Å². The van der Waals surface area contributed by atoms with Crippen LogP contribution in [0.3, 0.4) is 0 Å². The van der Waals surface area contributed by atoms with E-state index in [1.54, 1.807) is 0 Å². The Morgan fingerprint density at radius 3 is 1.58 bits per heavy atom. The maximum atomic E-state index is 11.3. The van der Waals surface area contributed by atoms with E-state index in [2.05, 4.69) is 11.7 Å². The number of hydrogen-bond acceptors (Lipinski definition) is 3. The molecule has 0 aromatic rings. The third-order valence-corrected chi connectivity index (χ3v) is 4.14. The summed E-state index contributed by atoms with van der Waals surface area (Å²) in [5.41, 5.74) is 0. The fourth-order valence-corrected chi connectivity index (χ4v) is 2.69. The molecule has 0 saturated heterocycles. The number of rotatable bonds is 17. The summed E-state index contributed by atoms with van der Waals surface area (Å²) < 4.78 is 4.67. The Labute approximate surface area is 147 Å². The van der Waals surface area contributed by atoms with Gasteiger partial charge in [0.2, 0.25) is 0 Å². The minimum Gasteiger partial charge on any atom is -0.478 e. The lowest BCUT2D eigenvalue weighted by Gasteiger charge is -2.03. The number of aliphatic carboxylic acids is 1. The van der Waals surface area contributed by atoms with Crippen LogP contribution in [0, 0.1) is 0 Å². The largest absolute Gasteiger partial charge is 0.478 e. The van der Waals surface area contributed by atoms with Gasteiger partial charge in [-0.05, 0) is 6.42 Å². The maximum Gasteiger partial charge on any atom is 0.331 e. The molecule has 0 rings (SSSR count). The van der Waals surface area contributed by atoms with Crippen molar-refractivity contribution in [1.29, 1.82) is 0 Å². The molecule has 0 aromatic heterocycles. The zero-order valence-corrected chi connectivity index (χ0v) is 15.4. The van der Waals surface area contributed by atoms with Crippen LogP contribution in [0.2, 0.25) is 0 Å². The lowest BCUT2D eigenvalue weighted by Crippen LogP contribution is -2.00. The van der Waals surface area contributed by atoms with Gasteiger partial charge in [0.15, 0.2) is 0 Å². The molecule has 4 heteroatoms. The molecule has 0 aromatic carbocycles. The van der Waals surface area contributed by atoms with Gasteiger partial charge in [-0.15, -0.1) is 0 Å². The molecule has 0 radical (unpaired) electrons. The van der Waals surface area contributed by atoms with Crippen LogP contribution in [0.4, 0.5) is 0 Å². The number of carboxylic acid groups (broad SMARTS) is 1. The third kappa shape index (κ3) is 18.7. The van der Waals surface area contributed by atoms with E-state index in [9.17, 15) is 9.59 Å². The van der Waals surface area contributed by atoms with Crippen LogP contribution in [0.5, 0.6) is 0 Å². The van der Waals surface area contributed by atoms with Gasteiger partial charge in [-0.2, -0.15) is 0 Å². The second kappa shape index (κ2) is 18.0. The summed E-state index contributed by atoms with van der Waals surface area (Å²) in [5, 5.41) is 8.36. The Morgan fingerprint density at radius 1 is 0.750 bits per heavy atom. The molecule has 0 saturated carbocycles. The fraction of sp³-hybridized carbons (Fsp3) is 0.800. The molecule has 0 atom stereocenters.